The number of nitrogens with zero attached hydrogens (tertiary/aromatic N) is 1. The van der Waals surface area contributed by atoms with E-state index < -0.39 is 0 Å². The average molecular weight is 264 g/mol. The summed E-state index contributed by atoms with van der Waals surface area (Å²) < 4.78 is 5.28. The number of rotatable bonds is 3. The Labute approximate surface area is 116 Å². The third kappa shape index (κ3) is 2.34. The number of furan rings is 1. The Balaban J connectivity index is 1.98. The van der Waals surface area contributed by atoms with Gasteiger partial charge in [-0.05, 0) is 36.8 Å². The van der Waals surface area contributed by atoms with Gasteiger partial charge in [0, 0.05) is 5.39 Å². The van der Waals surface area contributed by atoms with Crippen molar-refractivity contribution in [3.05, 3.63) is 59.5 Å². The van der Waals surface area contributed by atoms with Gasteiger partial charge in [0.2, 0.25) is 0 Å². The molecule has 0 atom stereocenters. The lowest BCUT2D eigenvalue weighted by Crippen LogP contribution is -2.16. The summed E-state index contributed by atoms with van der Waals surface area (Å²) in [7, 11) is 0. The average Bonchev–Trinajstić information content (AvgIpc) is 2.97. The van der Waals surface area contributed by atoms with Gasteiger partial charge < -0.3 is 4.42 Å². The molecule has 98 valence electrons. The van der Waals surface area contributed by atoms with E-state index in [1.165, 1.54) is 5.56 Å². The maximum Gasteiger partial charge on any atom is 0.291 e. The third-order valence-corrected chi connectivity index (χ3v) is 3.18. The highest BCUT2D eigenvalue weighted by atomic mass is 16.3. The summed E-state index contributed by atoms with van der Waals surface area (Å²) in [6.07, 6.45) is 1.63. The minimum atomic E-state index is 0.537. The smallest absolute Gasteiger partial charge is 0.291 e. The topological polar surface area (TPSA) is 63.1 Å². The van der Waals surface area contributed by atoms with Crippen molar-refractivity contribution < 1.29 is 9.40 Å². The highest BCUT2D eigenvalue weighted by Crippen LogP contribution is 2.18. The van der Waals surface area contributed by atoms with Crippen molar-refractivity contribution in [2.24, 2.45) is 0 Å². The Morgan fingerprint density at radius 2 is 2.20 bits per heavy atom. The first kappa shape index (κ1) is 12.2. The molecule has 0 spiro atoms. The zero-order chi connectivity index (χ0) is 13.9. The number of aromatic amines is 1. The van der Waals surface area contributed by atoms with Crippen molar-refractivity contribution in [3.63, 3.8) is 0 Å². The third-order valence-electron chi connectivity index (χ3n) is 3.18. The zero-order valence-electron chi connectivity index (χ0n) is 11.1. The number of aryl methyl sites for hydroxylation is 1. The maximum absolute atomic E-state index is 9.26. The summed E-state index contributed by atoms with van der Waals surface area (Å²) in [6, 6.07) is 13.9. The number of hydrogen-bond acceptors (Lipinski definition) is 3. The van der Waals surface area contributed by atoms with Crippen molar-refractivity contribution in [1.82, 2.24) is 0 Å². The monoisotopic (exact) mass is 264 g/mol. The Kier molecular flexibility index (Phi) is 3.10. The molecule has 0 bridgehead atoms. The first-order chi connectivity index (χ1) is 9.76. The molecular formula is C16H14N3O+. The lowest BCUT2D eigenvalue weighted by Gasteiger charge is -2.02. The fraction of sp³-hybridized carbons (Fsp3) is 0.125. The predicted molar refractivity (Wildman–Crippen MR) is 76.0 cm³/mol. The molecule has 4 nitrogen and oxygen atoms in total. The highest BCUT2D eigenvalue weighted by molar-refractivity contribution is 5.79. The number of nitriles is 1. The minimum absolute atomic E-state index is 0.537. The van der Waals surface area contributed by atoms with Crippen LogP contribution in [0.25, 0.3) is 10.9 Å². The molecule has 2 N–H and O–H groups in total. The van der Waals surface area contributed by atoms with Gasteiger partial charge in [0.05, 0.1) is 6.26 Å². The molecule has 0 amide bonds. The second-order valence-electron chi connectivity index (χ2n) is 4.69. The van der Waals surface area contributed by atoms with E-state index in [1.54, 1.807) is 6.26 Å². The number of hydrogen-bond donors (Lipinski definition) is 1. The van der Waals surface area contributed by atoms with Crippen molar-refractivity contribution in [3.8, 4) is 6.07 Å². The molecule has 0 aliphatic rings. The molecular weight excluding hydrogens is 250 g/mol. The fourth-order valence-corrected chi connectivity index (χ4v) is 2.15. The highest BCUT2D eigenvalue weighted by Gasteiger charge is 2.13. The number of fused-ring (bicyclic) bond motifs is 1. The quantitative estimate of drug-likeness (QED) is 0.790. The number of anilines is 1. The number of benzene rings is 1. The molecule has 0 radical (unpaired) electrons. The molecule has 3 rings (SSSR count). The van der Waals surface area contributed by atoms with Crippen molar-refractivity contribution in [2.45, 2.75) is 13.5 Å². The SMILES string of the molecule is Cc1ccc2cc(C#N)c(NCc3ccco3)[nH+]c2c1. The molecule has 0 aliphatic carbocycles. The van der Waals surface area contributed by atoms with Crippen LogP contribution >= 0.6 is 0 Å². The van der Waals surface area contributed by atoms with Gasteiger partial charge in [-0.1, -0.05) is 12.1 Å². The van der Waals surface area contributed by atoms with Crippen molar-refractivity contribution in [1.29, 1.82) is 5.26 Å². The largest absolute Gasteiger partial charge is 0.465 e. The van der Waals surface area contributed by atoms with E-state index in [2.05, 4.69) is 22.4 Å². The number of nitrogens with one attached hydrogen (secondary N) is 2. The second kappa shape index (κ2) is 5.06. The van der Waals surface area contributed by atoms with Crippen LogP contribution in [0, 0.1) is 18.3 Å². The first-order valence-corrected chi connectivity index (χ1v) is 6.39. The molecule has 3 aromatic rings. The minimum Gasteiger partial charge on any atom is -0.465 e. The van der Waals surface area contributed by atoms with Gasteiger partial charge >= 0.3 is 0 Å². The van der Waals surface area contributed by atoms with Gasteiger partial charge in [-0.25, -0.2) is 4.98 Å². The van der Waals surface area contributed by atoms with E-state index in [1.807, 2.05) is 37.3 Å². The summed E-state index contributed by atoms with van der Waals surface area (Å²) in [5, 5.41) is 13.5. The van der Waals surface area contributed by atoms with E-state index in [9.17, 15) is 5.26 Å². The number of pyridine rings is 1. The van der Waals surface area contributed by atoms with Crippen LogP contribution in [-0.4, -0.2) is 0 Å². The fourth-order valence-electron chi connectivity index (χ4n) is 2.15. The van der Waals surface area contributed by atoms with Crippen LogP contribution < -0.4 is 10.3 Å². The van der Waals surface area contributed by atoms with Crippen LogP contribution in [0.2, 0.25) is 0 Å². The summed E-state index contributed by atoms with van der Waals surface area (Å²) >= 11 is 0. The molecule has 0 saturated heterocycles. The predicted octanol–water partition coefficient (Wildman–Crippen LogP) is 3.04. The van der Waals surface area contributed by atoms with Gasteiger partial charge in [-0.2, -0.15) is 5.26 Å². The molecule has 2 heterocycles. The second-order valence-corrected chi connectivity index (χ2v) is 4.69. The van der Waals surface area contributed by atoms with Crippen LogP contribution in [0.3, 0.4) is 0 Å². The molecule has 0 unspecified atom stereocenters. The Bertz CT molecular complexity index is 785. The van der Waals surface area contributed by atoms with Gasteiger partial charge in [-0.3, -0.25) is 5.32 Å². The lowest BCUT2D eigenvalue weighted by molar-refractivity contribution is -0.327. The van der Waals surface area contributed by atoms with E-state index in [4.69, 9.17) is 4.42 Å². The lowest BCUT2D eigenvalue weighted by atomic mass is 10.1. The Hall–Kier alpha value is -2.80. The molecule has 20 heavy (non-hydrogen) atoms. The van der Waals surface area contributed by atoms with Crippen LogP contribution in [0.4, 0.5) is 5.82 Å². The van der Waals surface area contributed by atoms with Gasteiger partial charge in [-0.15, -0.1) is 0 Å². The van der Waals surface area contributed by atoms with Crippen LogP contribution in [0.5, 0.6) is 0 Å². The van der Waals surface area contributed by atoms with Crippen LogP contribution in [-0.2, 0) is 6.54 Å². The molecule has 0 fully saturated rings. The van der Waals surface area contributed by atoms with E-state index >= 15 is 0 Å². The van der Waals surface area contributed by atoms with Crippen molar-refractivity contribution in [2.75, 3.05) is 5.32 Å². The van der Waals surface area contributed by atoms with Gasteiger partial charge in [0.15, 0.2) is 0 Å². The van der Waals surface area contributed by atoms with Crippen LogP contribution in [0.1, 0.15) is 16.9 Å². The normalized spacial score (nSPS) is 10.4. The molecule has 0 aliphatic heterocycles. The van der Waals surface area contributed by atoms with Crippen LogP contribution in [0.15, 0.2) is 47.1 Å². The standard InChI is InChI=1S/C16H13N3O/c1-11-4-5-12-8-13(9-17)16(19-15(12)7-11)18-10-14-3-2-6-20-14/h2-8H,10H2,1H3,(H,18,19)/p+1. The summed E-state index contributed by atoms with van der Waals surface area (Å²) in [5.41, 5.74) is 2.77. The van der Waals surface area contributed by atoms with E-state index in [0.29, 0.717) is 17.9 Å². The van der Waals surface area contributed by atoms with E-state index in [-0.39, 0.29) is 0 Å². The Morgan fingerprint density at radius 1 is 1.30 bits per heavy atom. The van der Waals surface area contributed by atoms with E-state index in [0.717, 1.165) is 16.7 Å². The summed E-state index contributed by atoms with van der Waals surface area (Å²) in [5.74, 6) is 1.54. The molecule has 0 saturated carbocycles. The number of aromatic nitrogens is 1. The Morgan fingerprint density at radius 3 is 2.95 bits per heavy atom. The molecule has 4 heteroatoms. The van der Waals surface area contributed by atoms with Gasteiger partial charge in [0.25, 0.3) is 5.82 Å². The summed E-state index contributed by atoms with van der Waals surface area (Å²) in [6.45, 7) is 2.58. The van der Waals surface area contributed by atoms with Crippen molar-refractivity contribution >= 4 is 16.7 Å². The molecule has 1 aromatic carbocycles. The maximum atomic E-state index is 9.26. The van der Waals surface area contributed by atoms with Gasteiger partial charge in [0.1, 0.15) is 29.5 Å². The number of H-pyrrole nitrogens is 1. The first-order valence-electron chi connectivity index (χ1n) is 6.39. The molecule has 2 aromatic heterocycles. The summed E-state index contributed by atoms with van der Waals surface area (Å²) in [4.78, 5) is 3.27. The zero-order valence-corrected chi connectivity index (χ0v) is 11.1.